The Morgan fingerprint density at radius 3 is 2.65 bits per heavy atom. The van der Waals surface area contributed by atoms with Gasteiger partial charge in [0.15, 0.2) is 5.82 Å². The molecule has 5 nitrogen and oxygen atoms in total. The summed E-state index contributed by atoms with van der Waals surface area (Å²) in [6.45, 7) is 3.38. The highest BCUT2D eigenvalue weighted by atomic mass is 127. The first-order valence-corrected chi connectivity index (χ1v) is 9.78. The molecule has 0 spiro atoms. The molecule has 0 atom stereocenters. The molecule has 0 aliphatic carbocycles. The van der Waals surface area contributed by atoms with Gasteiger partial charge in [0.2, 0.25) is 0 Å². The predicted molar refractivity (Wildman–Crippen MR) is 99.6 cm³/mol. The summed E-state index contributed by atoms with van der Waals surface area (Å²) in [5.41, 5.74) is 2.52. The Hall–Kier alpha value is -1.19. The van der Waals surface area contributed by atoms with Crippen LogP contribution in [0.2, 0.25) is 0 Å². The number of carbonyl (C=O) groups is 1. The highest BCUT2D eigenvalue weighted by Crippen LogP contribution is 2.38. The molecule has 5 rings (SSSR count). The van der Waals surface area contributed by atoms with E-state index in [-0.39, 0.29) is 35.7 Å². The Labute approximate surface area is 175 Å². The van der Waals surface area contributed by atoms with Crippen LogP contribution < -0.4 is 29.3 Å². The SMILES string of the molecule is C[N+]12CCCC(OC(=O)Nc3ncsc3-c3ccccc3)(CC1)CC2.[I-]. The Balaban J connectivity index is 0.00000196. The lowest BCUT2D eigenvalue weighted by atomic mass is 9.89. The second kappa shape index (κ2) is 7.82. The van der Waals surface area contributed by atoms with Crippen LogP contribution in [0.25, 0.3) is 10.4 Å². The van der Waals surface area contributed by atoms with E-state index in [2.05, 4.69) is 17.3 Å². The number of hydrogen-bond acceptors (Lipinski definition) is 4. The molecule has 26 heavy (non-hydrogen) atoms. The van der Waals surface area contributed by atoms with Crippen molar-refractivity contribution in [2.75, 3.05) is 32.0 Å². The zero-order valence-corrected chi connectivity index (χ0v) is 17.9. The molecule has 4 heterocycles. The number of fused-ring (bicyclic) bond motifs is 4. The molecule has 1 N–H and O–H groups in total. The minimum absolute atomic E-state index is 0. The number of nitrogens with zero attached hydrogens (tertiary/aromatic N) is 2. The maximum Gasteiger partial charge on any atom is 0.413 e. The minimum Gasteiger partial charge on any atom is -1.00 e. The monoisotopic (exact) mass is 485 g/mol. The quantitative estimate of drug-likeness (QED) is 0.524. The molecule has 2 aromatic rings. The zero-order chi connectivity index (χ0) is 17.3. The van der Waals surface area contributed by atoms with Gasteiger partial charge in [0.05, 0.1) is 37.1 Å². The van der Waals surface area contributed by atoms with Crippen molar-refractivity contribution in [1.82, 2.24) is 4.98 Å². The first-order chi connectivity index (χ1) is 12.1. The highest BCUT2D eigenvalue weighted by Gasteiger charge is 2.46. The van der Waals surface area contributed by atoms with E-state index in [4.69, 9.17) is 4.74 Å². The van der Waals surface area contributed by atoms with Crippen LogP contribution in [0, 0.1) is 0 Å². The Kier molecular flexibility index (Phi) is 5.88. The summed E-state index contributed by atoms with van der Waals surface area (Å²) >= 11 is 1.52. The number of hydrogen-bond donors (Lipinski definition) is 1. The summed E-state index contributed by atoms with van der Waals surface area (Å²) in [5, 5.41) is 2.88. The van der Waals surface area contributed by atoms with E-state index in [0.29, 0.717) is 5.82 Å². The van der Waals surface area contributed by atoms with Gasteiger partial charge in [0.1, 0.15) is 5.60 Å². The van der Waals surface area contributed by atoms with Crippen LogP contribution in [-0.2, 0) is 4.74 Å². The number of carbonyl (C=O) groups excluding carboxylic acids is 1. The third-order valence-electron chi connectivity index (χ3n) is 5.68. The summed E-state index contributed by atoms with van der Waals surface area (Å²) in [6.07, 6.45) is 3.63. The number of benzene rings is 1. The lowest BCUT2D eigenvalue weighted by molar-refractivity contribution is -0.913. The zero-order valence-electron chi connectivity index (χ0n) is 14.9. The van der Waals surface area contributed by atoms with Crippen molar-refractivity contribution in [3.63, 3.8) is 0 Å². The normalized spacial score (nSPS) is 27.3. The molecule has 3 saturated heterocycles. The third-order valence-corrected chi connectivity index (χ3v) is 6.55. The van der Waals surface area contributed by atoms with E-state index in [0.717, 1.165) is 53.7 Å². The molecule has 0 radical (unpaired) electrons. The van der Waals surface area contributed by atoms with Gasteiger partial charge in [-0.1, -0.05) is 30.3 Å². The smallest absolute Gasteiger partial charge is 0.413 e. The molecule has 1 amide bonds. The van der Waals surface area contributed by atoms with E-state index >= 15 is 0 Å². The molecule has 2 bridgehead atoms. The molecule has 0 unspecified atom stereocenters. The van der Waals surface area contributed by atoms with Gasteiger partial charge in [-0.3, -0.25) is 5.32 Å². The van der Waals surface area contributed by atoms with Crippen molar-refractivity contribution in [1.29, 1.82) is 0 Å². The molecular formula is C19H24IN3O2S. The fourth-order valence-corrected chi connectivity index (χ4v) is 4.79. The fraction of sp³-hybridized carbons (Fsp3) is 0.474. The second-order valence-corrected chi connectivity index (χ2v) is 8.34. The van der Waals surface area contributed by atoms with Gasteiger partial charge in [-0.2, -0.15) is 0 Å². The maximum atomic E-state index is 12.6. The van der Waals surface area contributed by atoms with E-state index < -0.39 is 0 Å². The molecule has 1 aromatic carbocycles. The number of halogens is 1. The van der Waals surface area contributed by atoms with Crippen LogP contribution in [0.5, 0.6) is 0 Å². The van der Waals surface area contributed by atoms with Gasteiger partial charge in [-0.15, -0.1) is 11.3 Å². The first kappa shape index (κ1) is 19.6. The largest absolute Gasteiger partial charge is 1.00 e. The molecule has 140 valence electrons. The van der Waals surface area contributed by atoms with Gasteiger partial charge in [-0.05, 0) is 12.0 Å². The summed E-state index contributed by atoms with van der Waals surface area (Å²) < 4.78 is 7.08. The lowest BCUT2D eigenvalue weighted by Gasteiger charge is -2.41. The van der Waals surface area contributed by atoms with Crippen LogP contribution >= 0.6 is 11.3 Å². The summed E-state index contributed by atoms with van der Waals surface area (Å²) in [5.74, 6) is 0.586. The molecule has 3 aliphatic heterocycles. The second-order valence-electron chi connectivity index (χ2n) is 7.49. The van der Waals surface area contributed by atoms with Crippen molar-refractivity contribution >= 4 is 23.2 Å². The number of nitrogens with one attached hydrogen (secondary N) is 1. The number of thiazole rings is 1. The van der Waals surface area contributed by atoms with E-state index in [1.807, 2.05) is 30.3 Å². The highest BCUT2D eigenvalue weighted by molar-refractivity contribution is 7.13. The van der Waals surface area contributed by atoms with Crippen LogP contribution in [0.3, 0.4) is 0 Å². The van der Waals surface area contributed by atoms with Crippen LogP contribution in [0.4, 0.5) is 10.6 Å². The average Bonchev–Trinajstić information content (AvgIpc) is 2.92. The van der Waals surface area contributed by atoms with E-state index in [9.17, 15) is 4.79 Å². The molecule has 0 saturated carbocycles. The predicted octanol–water partition coefficient (Wildman–Crippen LogP) is 1.14. The maximum absolute atomic E-state index is 12.6. The number of ether oxygens (including phenoxy) is 1. The van der Waals surface area contributed by atoms with Gasteiger partial charge in [-0.25, -0.2) is 9.78 Å². The number of piperidine rings is 1. The van der Waals surface area contributed by atoms with E-state index in [1.54, 1.807) is 5.51 Å². The van der Waals surface area contributed by atoms with Crippen LogP contribution in [-0.4, -0.2) is 47.8 Å². The summed E-state index contributed by atoms with van der Waals surface area (Å²) in [7, 11) is 2.32. The number of aromatic nitrogens is 1. The first-order valence-electron chi connectivity index (χ1n) is 8.90. The number of quaternary nitrogens is 1. The summed E-state index contributed by atoms with van der Waals surface area (Å²) in [4.78, 5) is 17.8. The topological polar surface area (TPSA) is 51.2 Å². The Morgan fingerprint density at radius 1 is 1.19 bits per heavy atom. The minimum atomic E-state index is -0.374. The summed E-state index contributed by atoms with van der Waals surface area (Å²) in [6, 6.07) is 9.99. The van der Waals surface area contributed by atoms with Crippen molar-refractivity contribution in [3.8, 4) is 10.4 Å². The van der Waals surface area contributed by atoms with Gasteiger partial charge in [0.25, 0.3) is 0 Å². The molecule has 1 aromatic heterocycles. The van der Waals surface area contributed by atoms with Crippen molar-refractivity contribution in [3.05, 3.63) is 35.8 Å². The standard InChI is InChI=1S/C19H23N3O2S.HI/c1-22-11-5-8-19(9-12-22,10-13-22)24-18(23)21-17-16(25-14-20-17)15-6-3-2-4-7-15;/h2-4,6-7,14H,5,8-13H2,1H3;1H. The van der Waals surface area contributed by atoms with Gasteiger partial charge < -0.3 is 33.2 Å². The average molecular weight is 485 g/mol. The molecule has 3 fully saturated rings. The van der Waals surface area contributed by atoms with Gasteiger partial charge in [0, 0.05) is 19.3 Å². The third kappa shape index (κ3) is 4.04. The Bertz CT molecular complexity index is 757. The van der Waals surface area contributed by atoms with Crippen molar-refractivity contribution in [2.45, 2.75) is 31.3 Å². The lowest BCUT2D eigenvalue weighted by Crippen LogP contribution is -3.00. The number of anilines is 1. The number of rotatable bonds is 3. The van der Waals surface area contributed by atoms with Crippen LogP contribution in [0.15, 0.2) is 35.8 Å². The molecular weight excluding hydrogens is 461 g/mol. The van der Waals surface area contributed by atoms with Crippen LogP contribution in [0.1, 0.15) is 25.7 Å². The fourth-order valence-electron chi connectivity index (χ4n) is 4.04. The van der Waals surface area contributed by atoms with E-state index in [1.165, 1.54) is 17.9 Å². The van der Waals surface area contributed by atoms with Gasteiger partial charge >= 0.3 is 6.09 Å². The molecule has 7 heteroatoms. The number of amides is 1. The van der Waals surface area contributed by atoms with Crippen molar-refractivity contribution < 1.29 is 38.0 Å². The van der Waals surface area contributed by atoms with Crippen molar-refractivity contribution in [2.24, 2.45) is 0 Å². The Morgan fingerprint density at radius 2 is 1.92 bits per heavy atom. The molecule has 3 aliphatic rings.